The van der Waals surface area contributed by atoms with Crippen LogP contribution in [-0.4, -0.2) is 94.1 Å². The van der Waals surface area contributed by atoms with Gasteiger partial charge < -0.3 is 19.8 Å². The number of alkyl halides is 6. The number of ether oxygens (including phenoxy) is 1. The first-order valence-electron chi connectivity index (χ1n) is 11.3. The Morgan fingerprint density at radius 2 is 1.56 bits per heavy atom. The maximum atomic E-state index is 12.7. The Hall–Kier alpha value is -3.24. The van der Waals surface area contributed by atoms with Crippen LogP contribution < -0.4 is 0 Å². The van der Waals surface area contributed by atoms with Crippen molar-refractivity contribution in [3.05, 3.63) is 52.5 Å². The molecule has 2 saturated heterocycles. The summed E-state index contributed by atoms with van der Waals surface area (Å²) < 4.78 is 69.6. The second-order valence-electron chi connectivity index (χ2n) is 8.42. The minimum Gasteiger partial charge on any atom is -0.475 e. The highest BCUT2D eigenvalue weighted by Gasteiger charge is 2.39. The summed E-state index contributed by atoms with van der Waals surface area (Å²) >= 11 is 1.57. The molecule has 0 spiro atoms. The van der Waals surface area contributed by atoms with Gasteiger partial charge in [-0.05, 0) is 42.1 Å². The third kappa shape index (κ3) is 10.8. The zero-order valence-corrected chi connectivity index (χ0v) is 21.0. The Balaban J connectivity index is 0.000000317. The molecule has 2 aromatic heterocycles. The van der Waals surface area contributed by atoms with Gasteiger partial charge in [-0.3, -0.25) is 14.7 Å². The summed E-state index contributed by atoms with van der Waals surface area (Å²) in [6.45, 7) is 5.04. The summed E-state index contributed by atoms with van der Waals surface area (Å²) in [5.41, 5.74) is 2.09. The number of pyridine rings is 1. The number of fused-ring (bicyclic) bond motifs is 1. The maximum Gasteiger partial charge on any atom is 0.490 e. The minimum atomic E-state index is -5.08. The largest absolute Gasteiger partial charge is 0.490 e. The van der Waals surface area contributed by atoms with E-state index in [1.165, 1.54) is 5.56 Å². The first-order chi connectivity index (χ1) is 18.2. The fourth-order valence-corrected chi connectivity index (χ4v) is 4.39. The number of piperidine rings is 1. The highest BCUT2D eigenvalue weighted by molar-refractivity contribution is 7.08. The molecule has 2 aliphatic rings. The van der Waals surface area contributed by atoms with E-state index < -0.39 is 24.3 Å². The monoisotopic (exact) mass is 585 g/mol. The molecule has 39 heavy (non-hydrogen) atoms. The van der Waals surface area contributed by atoms with Crippen LogP contribution in [0, 0.1) is 5.92 Å². The highest BCUT2D eigenvalue weighted by Crippen LogP contribution is 2.26. The van der Waals surface area contributed by atoms with Crippen molar-refractivity contribution in [3.8, 4) is 0 Å². The number of halogens is 6. The van der Waals surface area contributed by atoms with E-state index in [1.54, 1.807) is 11.3 Å². The van der Waals surface area contributed by atoms with Crippen LogP contribution in [0.2, 0.25) is 0 Å². The van der Waals surface area contributed by atoms with Gasteiger partial charge in [-0.25, -0.2) is 9.59 Å². The summed E-state index contributed by atoms with van der Waals surface area (Å²) in [5.74, 6) is -4.94. The average molecular weight is 586 g/mol. The number of rotatable bonds is 3. The average Bonchev–Trinajstić information content (AvgIpc) is 3.31. The van der Waals surface area contributed by atoms with E-state index in [9.17, 15) is 31.1 Å². The molecule has 2 aliphatic heterocycles. The van der Waals surface area contributed by atoms with Crippen molar-refractivity contribution in [2.24, 2.45) is 5.92 Å². The number of aromatic nitrogens is 1. The van der Waals surface area contributed by atoms with Crippen LogP contribution in [0.4, 0.5) is 26.3 Å². The molecule has 2 atom stereocenters. The lowest BCUT2D eigenvalue weighted by atomic mass is 9.93. The molecular weight excluding hydrogens is 560 g/mol. The Morgan fingerprint density at radius 3 is 2.08 bits per heavy atom. The number of hydrogen-bond acceptors (Lipinski definition) is 7. The predicted octanol–water partition coefficient (Wildman–Crippen LogP) is 3.77. The molecule has 0 aliphatic carbocycles. The lowest BCUT2D eigenvalue weighted by molar-refractivity contribution is -0.193. The van der Waals surface area contributed by atoms with Crippen molar-refractivity contribution in [3.63, 3.8) is 0 Å². The molecule has 4 heterocycles. The van der Waals surface area contributed by atoms with Gasteiger partial charge in [-0.15, -0.1) is 0 Å². The van der Waals surface area contributed by atoms with E-state index in [2.05, 4.69) is 22.0 Å². The topological polar surface area (TPSA) is 120 Å². The summed E-state index contributed by atoms with van der Waals surface area (Å²) in [6.07, 6.45) is -5.18. The Bertz CT molecular complexity index is 1040. The van der Waals surface area contributed by atoms with Crippen LogP contribution in [0.15, 0.2) is 41.4 Å². The molecule has 0 radical (unpaired) electrons. The minimum absolute atomic E-state index is 0.143. The van der Waals surface area contributed by atoms with Crippen LogP contribution in [-0.2, 0) is 20.9 Å². The van der Waals surface area contributed by atoms with Crippen LogP contribution in [0.1, 0.15) is 22.3 Å². The number of thiophene rings is 1. The quantitative estimate of drug-likeness (QED) is 0.523. The molecule has 2 aromatic rings. The molecule has 0 bridgehead atoms. The van der Waals surface area contributed by atoms with E-state index in [4.69, 9.17) is 24.5 Å². The number of carboxylic acid groups (broad SMARTS) is 2. The van der Waals surface area contributed by atoms with E-state index in [-0.39, 0.29) is 12.0 Å². The van der Waals surface area contributed by atoms with Crippen molar-refractivity contribution in [1.29, 1.82) is 0 Å². The number of carbonyl (C=O) groups excluding carboxylic acids is 1. The SMILES string of the molecule is O=C(O)C(F)(F)F.O=C(O)C(F)(F)F.O=C(c1ccsc1)N1CCO[C@@H]2CN(Cc3ccncc3)CC[C@@H]2C1. The molecule has 9 nitrogen and oxygen atoms in total. The number of carbonyl (C=O) groups is 3. The van der Waals surface area contributed by atoms with Crippen molar-refractivity contribution < 1.29 is 55.7 Å². The summed E-state index contributed by atoms with van der Waals surface area (Å²) in [5, 5.41) is 18.1. The third-order valence-electron chi connectivity index (χ3n) is 5.62. The molecule has 16 heteroatoms. The van der Waals surface area contributed by atoms with Crippen molar-refractivity contribution in [2.75, 3.05) is 32.8 Å². The molecule has 0 unspecified atom stereocenters. The van der Waals surface area contributed by atoms with Gasteiger partial charge >= 0.3 is 24.3 Å². The van der Waals surface area contributed by atoms with Gasteiger partial charge in [0.15, 0.2) is 0 Å². The third-order valence-corrected chi connectivity index (χ3v) is 6.31. The van der Waals surface area contributed by atoms with Gasteiger partial charge in [0.1, 0.15) is 0 Å². The van der Waals surface area contributed by atoms with Gasteiger partial charge in [0.25, 0.3) is 5.91 Å². The number of aliphatic carboxylic acids is 2. The van der Waals surface area contributed by atoms with E-state index >= 15 is 0 Å². The standard InChI is InChI=1S/C19H23N3O2S.2C2HF3O2/c23-19(17-4-10-25-14-17)22-8-9-24-18-13-21(7-3-16(18)12-22)11-15-1-5-20-6-2-15;2*3-2(4,5)1(6)7/h1-2,4-6,10,14,16,18H,3,7-9,11-13H2;2*(H,6,7)/t16-,18-;;/m1../s1. The highest BCUT2D eigenvalue weighted by atomic mass is 32.1. The number of hydrogen-bond donors (Lipinski definition) is 2. The molecule has 0 saturated carbocycles. The molecule has 0 aromatic carbocycles. The van der Waals surface area contributed by atoms with Crippen molar-refractivity contribution in [2.45, 2.75) is 31.4 Å². The van der Waals surface area contributed by atoms with Gasteiger partial charge in [0.2, 0.25) is 0 Å². The lowest BCUT2D eigenvalue weighted by Crippen LogP contribution is -2.47. The van der Waals surface area contributed by atoms with Gasteiger partial charge in [-0.1, -0.05) is 0 Å². The normalized spacial score (nSPS) is 19.8. The molecule has 4 rings (SSSR count). The van der Waals surface area contributed by atoms with Crippen LogP contribution in [0.3, 0.4) is 0 Å². The van der Waals surface area contributed by atoms with Crippen LogP contribution in [0.25, 0.3) is 0 Å². The number of amides is 1. The summed E-state index contributed by atoms with van der Waals surface area (Å²) in [7, 11) is 0. The second-order valence-corrected chi connectivity index (χ2v) is 9.20. The van der Waals surface area contributed by atoms with E-state index in [0.29, 0.717) is 19.1 Å². The van der Waals surface area contributed by atoms with Crippen molar-refractivity contribution >= 4 is 29.2 Å². The van der Waals surface area contributed by atoms with E-state index in [0.717, 1.165) is 38.2 Å². The second kappa shape index (κ2) is 14.2. The lowest BCUT2D eigenvalue weighted by Gasteiger charge is -2.38. The molecule has 1 amide bonds. The fourth-order valence-electron chi connectivity index (χ4n) is 3.76. The first kappa shape index (κ1) is 32.0. The Morgan fingerprint density at radius 1 is 0.974 bits per heavy atom. The van der Waals surface area contributed by atoms with Crippen LogP contribution >= 0.6 is 11.3 Å². The fraction of sp³-hybridized carbons (Fsp3) is 0.478. The Kier molecular flexibility index (Phi) is 11.7. The van der Waals surface area contributed by atoms with Gasteiger partial charge in [0, 0.05) is 49.9 Å². The van der Waals surface area contributed by atoms with E-state index in [1.807, 2.05) is 34.1 Å². The summed E-state index contributed by atoms with van der Waals surface area (Å²) in [4.78, 5) is 39.0. The molecule has 2 fully saturated rings. The van der Waals surface area contributed by atoms with Crippen LogP contribution in [0.5, 0.6) is 0 Å². The molecular formula is C23H25F6N3O6S. The maximum absolute atomic E-state index is 12.7. The number of likely N-dealkylation sites (tertiary alicyclic amines) is 1. The Labute approximate surface area is 222 Å². The van der Waals surface area contributed by atoms with Gasteiger partial charge in [0.05, 0.1) is 18.3 Å². The zero-order chi connectivity index (χ0) is 29.2. The molecule has 2 N–H and O–H groups in total. The smallest absolute Gasteiger partial charge is 0.475 e. The first-order valence-corrected chi connectivity index (χ1v) is 12.3. The predicted molar refractivity (Wildman–Crippen MR) is 125 cm³/mol. The van der Waals surface area contributed by atoms with Gasteiger partial charge in [-0.2, -0.15) is 37.7 Å². The zero-order valence-electron chi connectivity index (χ0n) is 20.2. The van der Waals surface area contributed by atoms with Crippen molar-refractivity contribution in [1.82, 2.24) is 14.8 Å². The molecule has 216 valence electrons. The number of carboxylic acids is 2. The number of nitrogens with zero attached hydrogens (tertiary/aromatic N) is 3. The summed E-state index contributed by atoms with van der Waals surface area (Å²) in [6, 6.07) is 6.05.